The highest BCUT2D eigenvalue weighted by molar-refractivity contribution is 6.30. The van der Waals surface area contributed by atoms with Crippen molar-refractivity contribution in [3.8, 4) is 0 Å². The van der Waals surface area contributed by atoms with Crippen molar-refractivity contribution in [1.29, 1.82) is 0 Å². The molecule has 0 aromatic heterocycles. The predicted octanol–water partition coefficient (Wildman–Crippen LogP) is 3.67. The Labute approximate surface area is 146 Å². The first-order valence-electron chi connectivity index (χ1n) is 8.42. The molecule has 2 N–H and O–H groups in total. The van der Waals surface area contributed by atoms with Crippen molar-refractivity contribution in [1.82, 2.24) is 5.32 Å². The molecule has 3 atom stereocenters. The number of carbonyl (C=O) groups excluding carboxylic acids is 1. The van der Waals surface area contributed by atoms with Crippen molar-refractivity contribution in [2.75, 3.05) is 19.0 Å². The molecule has 0 saturated heterocycles. The summed E-state index contributed by atoms with van der Waals surface area (Å²) in [6.45, 7) is 0.296. The molecule has 4 rings (SSSR count). The van der Waals surface area contributed by atoms with E-state index in [0.717, 1.165) is 17.0 Å². The van der Waals surface area contributed by atoms with Gasteiger partial charge in [-0.2, -0.15) is 0 Å². The average molecular weight is 345 g/mol. The average Bonchev–Trinajstić information content (AvgIpc) is 3.41. The Kier molecular flexibility index (Phi) is 4.10. The van der Waals surface area contributed by atoms with Crippen LogP contribution in [0, 0.1) is 17.8 Å². The van der Waals surface area contributed by atoms with E-state index in [0.29, 0.717) is 23.4 Å². The summed E-state index contributed by atoms with van der Waals surface area (Å²) in [6, 6.07) is 5.70. The summed E-state index contributed by atoms with van der Waals surface area (Å²) in [5.41, 5.74) is 1.89. The fraction of sp³-hybridized carbons (Fsp3) is 0.421. The maximum atomic E-state index is 12.0. The molecule has 4 nitrogen and oxygen atoms in total. The minimum atomic E-state index is -0.0219. The van der Waals surface area contributed by atoms with E-state index in [2.05, 4.69) is 28.9 Å². The molecule has 0 bridgehead atoms. The van der Waals surface area contributed by atoms with E-state index in [1.165, 1.54) is 12.8 Å². The van der Waals surface area contributed by atoms with Gasteiger partial charge in [0.2, 0.25) is 5.91 Å². The second kappa shape index (κ2) is 6.26. The van der Waals surface area contributed by atoms with E-state index in [1.807, 2.05) is 18.2 Å². The first-order chi connectivity index (χ1) is 11.7. The largest absolute Gasteiger partial charge is 0.501 e. The lowest BCUT2D eigenvalue weighted by Gasteiger charge is -2.35. The number of hydrogen-bond acceptors (Lipinski definition) is 3. The van der Waals surface area contributed by atoms with Crippen molar-refractivity contribution in [2.24, 2.45) is 17.8 Å². The molecular formula is C19H21ClN2O2. The molecule has 24 heavy (non-hydrogen) atoms. The van der Waals surface area contributed by atoms with Crippen LogP contribution in [-0.4, -0.2) is 19.6 Å². The number of rotatable bonds is 3. The Morgan fingerprint density at radius 2 is 2.12 bits per heavy atom. The highest BCUT2D eigenvalue weighted by Crippen LogP contribution is 2.50. The molecule has 126 valence electrons. The van der Waals surface area contributed by atoms with Crippen molar-refractivity contribution in [3.05, 3.63) is 52.8 Å². The first-order valence-corrected chi connectivity index (χ1v) is 8.80. The molecular weight excluding hydrogens is 324 g/mol. The number of methoxy groups -OCH3 is 1. The van der Waals surface area contributed by atoms with Crippen molar-refractivity contribution >= 4 is 23.2 Å². The fourth-order valence-corrected chi connectivity index (χ4v) is 4.16. The summed E-state index contributed by atoms with van der Waals surface area (Å²) in [6.07, 6.45) is 8.85. The Hall–Kier alpha value is -1.78. The number of nitrogens with one attached hydrogen (secondary N) is 2. The summed E-state index contributed by atoms with van der Waals surface area (Å²) in [5, 5.41) is 7.09. The van der Waals surface area contributed by atoms with Gasteiger partial charge in [0, 0.05) is 28.6 Å². The number of carbonyl (C=O) groups is 1. The Morgan fingerprint density at radius 1 is 1.29 bits per heavy atom. The Bertz CT molecular complexity index is 724. The lowest BCUT2D eigenvalue weighted by Crippen LogP contribution is -2.36. The minimum absolute atomic E-state index is 0.0219. The number of fused-ring (bicyclic) bond motifs is 1. The second-order valence-corrected chi connectivity index (χ2v) is 7.17. The summed E-state index contributed by atoms with van der Waals surface area (Å²) >= 11 is 6.24. The van der Waals surface area contributed by atoms with Crippen LogP contribution in [0.2, 0.25) is 5.02 Å². The van der Waals surface area contributed by atoms with Crippen molar-refractivity contribution in [2.45, 2.75) is 18.9 Å². The van der Waals surface area contributed by atoms with Crippen LogP contribution in [0.5, 0.6) is 0 Å². The molecule has 0 spiro atoms. The van der Waals surface area contributed by atoms with Gasteiger partial charge in [0.05, 0.1) is 19.4 Å². The van der Waals surface area contributed by atoms with Gasteiger partial charge in [-0.25, -0.2) is 0 Å². The summed E-state index contributed by atoms with van der Waals surface area (Å²) in [5.74, 6) is 2.26. The van der Waals surface area contributed by atoms with Crippen LogP contribution >= 0.6 is 11.6 Å². The molecule has 0 radical (unpaired) electrons. The zero-order valence-electron chi connectivity index (χ0n) is 13.6. The van der Waals surface area contributed by atoms with Crippen LogP contribution in [0.1, 0.15) is 24.4 Å². The van der Waals surface area contributed by atoms with E-state index in [1.54, 1.807) is 7.11 Å². The summed E-state index contributed by atoms with van der Waals surface area (Å²) in [7, 11) is 1.74. The number of anilines is 1. The highest BCUT2D eigenvalue weighted by Gasteiger charge is 2.43. The zero-order chi connectivity index (χ0) is 16.7. The molecule has 1 saturated carbocycles. The van der Waals surface area contributed by atoms with E-state index >= 15 is 0 Å². The second-order valence-electron chi connectivity index (χ2n) is 6.74. The third-order valence-corrected chi connectivity index (χ3v) is 5.43. The predicted molar refractivity (Wildman–Crippen MR) is 94.8 cm³/mol. The van der Waals surface area contributed by atoms with Crippen molar-refractivity contribution < 1.29 is 9.53 Å². The van der Waals surface area contributed by atoms with Gasteiger partial charge >= 0.3 is 0 Å². The normalized spacial score (nSPS) is 29.3. The molecule has 5 heteroatoms. The molecule has 3 unspecified atom stereocenters. The number of amides is 1. The van der Waals surface area contributed by atoms with Crippen molar-refractivity contribution in [3.63, 3.8) is 0 Å². The zero-order valence-corrected chi connectivity index (χ0v) is 14.3. The van der Waals surface area contributed by atoms with Crippen LogP contribution in [0.15, 0.2) is 42.2 Å². The lowest BCUT2D eigenvalue weighted by molar-refractivity contribution is -0.115. The van der Waals surface area contributed by atoms with Crippen LogP contribution in [0.25, 0.3) is 0 Å². The number of benzene rings is 1. The summed E-state index contributed by atoms with van der Waals surface area (Å²) in [4.78, 5) is 12.0. The van der Waals surface area contributed by atoms with Gasteiger partial charge in [0.15, 0.2) is 0 Å². The maximum Gasteiger partial charge on any atom is 0.238 e. The Balaban J connectivity index is 1.75. The topological polar surface area (TPSA) is 50.4 Å². The fourth-order valence-electron chi connectivity index (χ4n) is 3.98. The van der Waals surface area contributed by atoms with E-state index in [9.17, 15) is 4.79 Å². The number of halogens is 1. The lowest BCUT2D eigenvalue weighted by atomic mass is 9.76. The smallest absolute Gasteiger partial charge is 0.238 e. The SMILES string of the molecule is COC1=CC=CC(C2NCC(=O)Nc3ccc(Cl)cc32)C1C1CC1. The van der Waals surface area contributed by atoms with Gasteiger partial charge in [-0.3, -0.25) is 4.79 Å². The molecule has 3 aliphatic rings. The number of ether oxygens (including phenoxy) is 1. The molecule has 1 aliphatic heterocycles. The van der Waals surface area contributed by atoms with Gasteiger partial charge in [0.25, 0.3) is 0 Å². The number of hydrogen-bond donors (Lipinski definition) is 2. The third kappa shape index (κ3) is 2.85. The molecule has 1 fully saturated rings. The molecule has 1 amide bonds. The van der Waals surface area contributed by atoms with Crippen LogP contribution in [-0.2, 0) is 9.53 Å². The van der Waals surface area contributed by atoms with Gasteiger partial charge < -0.3 is 15.4 Å². The highest BCUT2D eigenvalue weighted by atomic mass is 35.5. The van der Waals surface area contributed by atoms with Gasteiger partial charge in [-0.05, 0) is 48.6 Å². The van der Waals surface area contributed by atoms with Crippen LogP contribution < -0.4 is 10.6 Å². The molecule has 1 aromatic rings. The monoisotopic (exact) mass is 344 g/mol. The maximum absolute atomic E-state index is 12.0. The van der Waals surface area contributed by atoms with Gasteiger partial charge in [0.1, 0.15) is 0 Å². The van der Waals surface area contributed by atoms with Gasteiger partial charge in [-0.15, -0.1) is 0 Å². The molecule has 1 heterocycles. The van der Waals surface area contributed by atoms with Crippen LogP contribution in [0.4, 0.5) is 5.69 Å². The first kappa shape index (κ1) is 15.7. The number of allylic oxidation sites excluding steroid dienone is 3. The molecule has 1 aromatic carbocycles. The molecule has 2 aliphatic carbocycles. The Morgan fingerprint density at radius 3 is 2.88 bits per heavy atom. The van der Waals surface area contributed by atoms with E-state index in [4.69, 9.17) is 16.3 Å². The minimum Gasteiger partial charge on any atom is -0.501 e. The van der Waals surface area contributed by atoms with E-state index < -0.39 is 0 Å². The van der Waals surface area contributed by atoms with Crippen LogP contribution in [0.3, 0.4) is 0 Å². The standard InChI is InChI=1S/C19H21ClN2O2/c1-24-16-4-2-3-13(18(16)11-5-6-11)19-14-9-12(20)7-8-15(14)22-17(23)10-21-19/h2-4,7-9,11,13,18-19,21H,5-6,10H2,1H3,(H,22,23). The third-order valence-electron chi connectivity index (χ3n) is 5.19. The van der Waals surface area contributed by atoms with E-state index in [-0.39, 0.29) is 17.9 Å². The summed E-state index contributed by atoms with van der Waals surface area (Å²) < 4.78 is 5.66. The van der Waals surface area contributed by atoms with Gasteiger partial charge in [-0.1, -0.05) is 23.8 Å². The quantitative estimate of drug-likeness (QED) is 0.879.